The van der Waals surface area contributed by atoms with Gasteiger partial charge in [0, 0.05) is 18.1 Å². The summed E-state index contributed by atoms with van der Waals surface area (Å²) in [5.74, 6) is 0.942. The molecule has 1 aromatic rings. The van der Waals surface area contributed by atoms with Crippen LogP contribution in [0, 0.1) is 0 Å². The minimum Gasteiger partial charge on any atom is -0.344 e. The van der Waals surface area contributed by atoms with E-state index in [0.717, 1.165) is 29.2 Å². The van der Waals surface area contributed by atoms with Crippen molar-refractivity contribution in [3.8, 4) is 0 Å². The Morgan fingerprint density at radius 3 is 2.86 bits per heavy atom. The van der Waals surface area contributed by atoms with E-state index in [1.807, 2.05) is 31.3 Å². The molecule has 1 aromatic carbocycles. The highest BCUT2D eigenvalue weighted by Gasteiger charge is 2.12. The summed E-state index contributed by atoms with van der Waals surface area (Å²) in [4.78, 5) is 6.47. The normalized spacial score (nSPS) is 15.6. The molecule has 1 N–H and O–H groups in total. The van der Waals surface area contributed by atoms with Crippen LogP contribution in [-0.2, 0) is 0 Å². The molecule has 1 heterocycles. The number of rotatable bonds is 1. The highest BCUT2D eigenvalue weighted by molar-refractivity contribution is 9.10. The lowest BCUT2D eigenvalue weighted by atomic mass is 10.3. The van der Waals surface area contributed by atoms with Gasteiger partial charge in [0.2, 0.25) is 0 Å². The maximum absolute atomic E-state index is 4.36. The van der Waals surface area contributed by atoms with Crippen molar-refractivity contribution in [1.82, 2.24) is 4.90 Å². The fourth-order valence-electron chi connectivity index (χ4n) is 1.35. The second-order valence-corrected chi connectivity index (χ2v) is 4.09. The van der Waals surface area contributed by atoms with Crippen molar-refractivity contribution in [1.29, 1.82) is 0 Å². The number of guanidine groups is 1. The molecule has 3 nitrogen and oxygen atoms in total. The van der Waals surface area contributed by atoms with Crippen molar-refractivity contribution in [2.24, 2.45) is 4.99 Å². The van der Waals surface area contributed by atoms with Crippen LogP contribution in [0.3, 0.4) is 0 Å². The Labute approximate surface area is 92.0 Å². The summed E-state index contributed by atoms with van der Waals surface area (Å²) < 4.78 is 1.06. The van der Waals surface area contributed by atoms with E-state index >= 15 is 0 Å². The minimum atomic E-state index is 0.878. The highest BCUT2D eigenvalue weighted by Crippen LogP contribution is 2.21. The molecule has 0 aromatic heterocycles. The molecular formula is C10H12BrN3. The van der Waals surface area contributed by atoms with Crippen LogP contribution in [0.1, 0.15) is 0 Å². The third-order valence-electron chi connectivity index (χ3n) is 2.18. The van der Waals surface area contributed by atoms with Gasteiger partial charge in [-0.15, -0.1) is 0 Å². The number of anilines is 1. The second kappa shape index (κ2) is 4.00. The molecule has 0 amide bonds. The molecule has 74 valence electrons. The van der Waals surface area contributed by atoms with Crippen LogP contribution in [-0.4, -0.2) is 31.0 Å². The van der Waals surface area contributed by atoms with Gasteiger partial charge >= 0.3 is 0 Å². The van der Waals surface area contributed by atoms with Crippen LogP contribution >= 0.6 is 15.9 Å². The van der Waals surface area contributed by atoms with E-state index in [-0.39, 0.29) is 0 Å². The number of para-hydroxylation sites is 1. The van der Waals surface area contributed by atoms with E-state index in [9.17, 15) is 0 Å². The SMILES string of the molecule is CN1CCN=C1Nc1ccccc1Br. The second-order valence-electron chi connectivity index (χ2n) is 3.23. The Hall–Kier alpha value is -1.03. The first-order chi connectivity index (χ1) is 6.77. The van der Waals surface area contributed by atoms with Gasteiger partial charge in [0.15, 0.2) is 5.96 Å². The molecule has 4 heteroatoms. The average molecular weight is 254 g/mol. The Kier molecular flexibility index (Phi) is 2.72. The predicted molar refractivity (Wildman–Crippen MR) is 62.7 cm³/mol. The van der Waals surface area contributed by atoms with Gasteiger partial charge in [-0.05, 0) is 28.1 Å². The fraction of sp³-hybridized carbons (Fsp3) is 0.300. The van der Waals surface area contributed by atoms with E-state index in [4.69, 9.17) is 0 Å². The zero-order chi connectivity index (χ0) is 9.97. The molecule has 0 saturated carbocycles. The standard InChI is InChI=1S/C10H12BrN3/c1-14-7-6-12-10(14)13-9-5-3-2-4-8(9)11/h2-5H,6-7H2,1H3,(H,12,13). The first-order valence-electron chi connectivity index (χ1n) is 4.54. The number of likely N-dealkylation sites (N-methyl/N-ethyl adjacent to an activating group) is 1. The lowest BCUT2D eigenvalue weighted by Crippen LogP contribution is -2.29. The number of hydrogen-bond donors (Lipinski definition) is 1. The Morgan fingerprint density at radius 1 is 1.43 bits per heavy atom. The van der Waals surface area contributed by atoms with Gasteiger partial charge in [0.05, 0.1) is 12.2 Å². The van der Waals surface area contributed by atoms with Crippen LogP contribution in [0.15, 0.2) is 33.7 Å². The van der Waals surface area contributed by atoms with Crippen molar-refractivity contribution in [2.75, 3.05) is 25.5 Å². The van der Waals surface area contributed by atoms with Gasteiger partial charge in [0.25, 0.3) is 0 Å². The molecular weight excluding hydrogens is 242 g/mol. The van der Waals surface area contributed by atoms with Crippen LogP contribution in [0.5, 0.6) is 0 Å². The minimum absolute atomic E-state index is 0.878. The lowest BCUT2D eigenvalue weighted by Gasteiger charge is -2.15. The van der Waals surface area contributed by atoms with Crippen molar-refractivity contribution in [3.05, 3.63) is 28.7 Å². The Morgan fingerprint density at radius 2 is 2.21 bits per heavy atom. The van der Waals surface area contributed by atoms with E-state index in [0.29, 0.717) is 0 Å². The smallest absolute Gasteiger partial charge is 0.198 e. The molecule has 0 spiro atoms. The first-order valence-corrected chi connectivity index (χ1v) is 5.34. The van der Waals surface area contributed by atoms with Gasteiger partial charge in [-0.1, -0.05) is 12.1 Å². The van der Waals surface area contributed by atoms with Crippen LogP contribution in [0.4, 0.5) is 5.69 Å². The van der Waals surface area contributed by atoms with E-state index in [2.05, 4.69) is 31.1 Å². The van der Waals surface area contributed by atoms with Crippen molar-refractivity contribution in [3.63, 3.8) is 0 Å². The maximum Gasteiger partial charge on any atom is 0.198 e. The van der Waals surface area contributed by atoms with Gasteiger partial charge in [-0.2, -0.15) is 0 Å². The lowest BCUT2D eigenvalue weighted by molar-refractivity contribution is 0.555. The highest BCUT2D eigenvalue weighted by atomic mass is 79.9. The quantitative estimate of drug-likeness (QED) is 0.831. The summed E-state index contributed by atoms with van der Waals surface area (Å²) in [5.41, 5.74) is 1.06. The third kappa shape index (κ3) is 1.90. The number of nitrogens with one attached hydrogen (secondary N) is 1. The number of benzene rings is 1. The number of nitrogens with zero attached hydrogens (tertiary/aromatic N) is 2. The van der Waals surface area contributed by atoms with Gasteiger partial charge in [-0.25, -0.2) is 0 Å². The van der Waals surface area contributed by atoms with Gasteiger partial charge in [-0.3, -0.25) is 4.99 Å². The van der Waals surface area contributed by atoms with Crippen LogP contribution < -0.4 is 5.32 Å². The third-order valence-corrected chi connectivity index (χ3v) is 2.87. The van der Waals surface area contributed by atoms with Crippen LogP contribution in [0.25, 0.3) is 0 Å². The molecule has 1 aliphatic heterocycles. The van der Waals surface area contributed by atoms with Crippen LogP contribution in [0.2, 0.25) is 0 Å². The van der Waals surface area contributed by atoms with Gasteiger partial charge < -0.3 is 10.2 Å². The summed E-state index contributed by atoms with van der Waals surface area (Å²) in [6.07, 6.45) is 0. The van der Waals surface area contributed by atoms with Crippen molar-refractivity contribution in [2.45, 2.75) is 0 Å². The average Bonchev–Trinajstić information content (AvgIpc) is 2.56. The van der Waals surface area contributed by atoms with Gasteiger partial charge in [0.1, 0.15) is 0 Å². The molecule has 0 atom stereocenters. The molecule has 0 fully saturated rings. The van der Waals surface area contributed by atoms with Crippen molar-refractivity contribution < 1.29 is 0 Å². The Bertz CT molecular complexity index is 362. The molecule has 0 radical (unpaired) electrons. The molecule has 0 aliphatic carbocycles. The largest absolute Gasteiger partial charge is 0.344 e. The molecule has 0 unspecified atom stereocenters. The molecule has 0 bridgehead atoms. The number of aliphatic imine (C=N–C) groups is 1. The first kappa shape index (κ1) is 9.52. The molecule has 2 rings (SSSR count). The fourth-order valence-corrected chi connectivity index (χ4v) is 1.73. The summed E-state index contributed by atoms with van der Waals surface area (Å²) >= 11 is 3.49. The maximum atomic E-state index is 4.36. The Balaban J connectivity index is 2.15. The predicted octanol–water partition coefficient (Wildman–Crippen LogP) is 2.16. The van der Waals surface area contributed by atoms with E-state index < -0.39 is 0 Å². The summed E-state index contributed by atoms with van der Waals surface area (Å²) in [7, 11) is 2.04. The zero-order valence-electron chi connectivity index (χ0n) is 8.00. The molecule has 14 heavy (non-hydrogen) atoms. The molecule has 1 aliphatic rings. The number of hydrogen-bond acceptors (Lipinski definition) is 3. The van der Waals surface area contributed by atoms with Crippen molar-refractivity contribution >= 4 is 27.6 Å². The molecule has 0 saturated heterocycles. The zero-order valence-corrected chi connectivity index (χ0v) is 9.58. The summed E-state index contributed by atoms with van der Waals surface area (Å²) in [6.45, 7) is 1.87. The summed E-state index contributed by atoms with van der Waals surface area (Å²) in [5, 5.41) is 3.29. The summed E-state index contributed by atoms with van der Waals surface area (Å²) in [6, 6.07) is 8.04. The number of halogens is 1. The van der Waals surface area contributed by atoms with E-state index in [1.165, 1.54) is 0 Å². The monoisotopic (exact) mass is 253 g/mol. The topological polar surface area (TPSA) is 27.6 Å². The van der Waals surface area contributed by atoms with E-state index in [1.54, 1.807) is 0 Å².